The highest BCUT2D eigenvalue weighted by Gasteiger charge is 2.43. The van der Waals surface area contributed by atoms with E-state index in [1.54, 1.807) is 18.3 Å². The van der Waals surface area contributed by atoms with Gasteiger partial charge in [0.05, 0.1) is 30.6 Å². The molecule has 5 rings (SSSR count). The zero-order valence-corrected chi connectivity index (χ0v) is 19.7. The summed E-state index contributed by atoms with van der Waals surface area (Å²) in [5, 5.41) is 13.2. The first kappa shape index (κ1) is 24.2. The molecule has 10 heteroatoms. The number of morpholine rings is 1. The van der Waals surface area contributed by atoms with Crippen LogP contribution in [0, 0.1) is 6.92 Å². The van der Waals surface area contributed by atoms with Gasteiger partial charge in [0.2, 0.25) is 0 Å². The molecule has 2 N–H and O–H groups in total. The van der Waals surface area contributed by atoms with E-state index in [9.17, 15) is 23.1 Å². The maximum absolute atomic E-state index is 14.8. The molecule has 1 saturated heterocycles. The van der Waals surface area contributed by atoms with E-state index in [-0.39, 0.29) is 17.9 Å². The van der Waals surface area contributed by atoms with Crippen LogP contribution >= 0.6 is 0 Å². The lowest BCUT2D eigenvalue weighted by Gasteiger charge is -2.44. The van der Waals surface area contributed by atoms with Crippen molar-refractivity contribution in [3.63, 3.8) is 0 Å². The Morgan fingerprint density at radius 3 is 2.81 bits per heavy atom. The monoisotopic (exact) mass is 498 g/mol. The molecule has 3 aromatic rings. The number of anilines is 2. The molecule has 0 radical (unpaired) electrons. The summed E-state index contributed by atoms with van der Waals surface area (Å²) in [7, 11) is 0. The number of hydrogen-bond acceptors (Lipinski definition) is 6. The minimum Gasteiger partial charge on any atom is -0.384 e. The molecule has 0 bridgehead atoms. The highest BCUT2D eigenvalue weighted by Crippen LogP contribution is 2.41. The maximum Gasteiger partial charge on any atom is 0.286 e. The molecule has 36 heavy (non-hydrogen) atoms. The molecule has 2 aliphatic heterocycles. The topological polar surface area (TPSA) is 87.6 Å². The Bertz CT molecular complexity index is 1310. The van der Waals surface area contributed by atoms with Gasteiger partial charge >= 0.3 is 0 Å². The van der Waals surface area contributed by atoms with Gasteiger partial charge in [-0.05, 0) is 48.4 Å². The van der Waals surface area contributed by atoms with E-state index in [0.717, 1.165) is 29.7 Å². The molecule has 3 atom stereocenters. The largest absolute Gasteiger partial charge is 0.384 e. The minimum absolute atomic E-state index is 0.0622. The second-order valence-electron chi connectivity index (χ2n) is 9.16. The van der Waals surface area contributed by atoms with Crippen molar-refractivity contribution in [1.29, 1.82) is 0 Å². The van der Waals surface area contributed by atoms with Crippen LogP contribution in [-0.2, 0) is 10.7 Å². The van der Waals surface area contributed by atoms with Gasteiger partial charge in [0.15, 0.2) is 6.17 Å². The van der Waals surface area contributed by atoms with E-state index in [4.69, 9.17) is 4.74 Å². The van der Waals surface area contributed by atoms with Crippen LogP contribution in [-0.4, -0.2) is 53.0 Å². The molecule has 0 saturated carbocycles. The predicted octanol–water partition coefficient (Wildman–Crippen LogP) is 4.41. The lowest BCUT2D eigenvalue weighted by Crippen LogP contribution is -2.55. The number of aromatic nitrogens is 2. The Labute approximate surface area is 205 Å². The van der Waals surface area contributed by atoms with Crippen LogP contribution in [0.25, 0.3) is 11.1 Å². The van der Waals surface area contributed by atoms with Gasteiger partial charge in [0.25, 0.3) is 11.8 Å². The third kappa shape index (κ3) is 4.42. The number of rotatable bonds is 4. The molecule has 1 amide bonds. The zero-order chi connectivity index (χ0) is 25.6. The number of aryl methyl sites for hydroxylation is 1. The van der Waals surface area contributed by atoms with Crippen molar-refractivity contribution in [2.24, 2.45) is 0 Å². The summed E-state index contributed by atoms with van der Waals surface area (Å²) < 4.78 is 47.5. The molecule has 2 aliphatic rings. The first-order valence-electron chi connectivity index (χ1n) is 11.6. The number of amides is 1. The van der Waals surface area contributed by atoms with E-state index in [0.29, 0.717) is 24.5 Å². The number of fused-ring (bicyclic) bond motifs is 3. The maximum atomic E-state index is 14.8. The van der Waals surface area contributed by atoms with Crippen LogP contribution in [0.15, 0.2) is 48.8 Å². The lowest BCUT2D eigenvalue weighted by molar-refractivity contribution is 0.000256. The number of halogens is 3. The van der Waals surface area contributed by atoms with Gasteiger partial charge in [-0.1, -0.05) is 6.07 Å². The third-order valence-corrected chi connectivity index (χ3v) is 6.60. The second kappa shape index (κ2) is 9.18. The summed E-state index contributed by atoms with van der Waals surface area (Å²) in [6.07, 6.45) is -0.0969. The summed E-state index contributed by atoms with van der Waals surface area (Å²) in [6.45, 7) is 3.74. The fraction of sp³-hybridized carbons (Fsp3) is 0.346. The number of pyridine rings is 2. The van der Waals surface area contributed by atoms with Gasteiger partial charge in [-0.25, -0.2) is 4.39 Å². The van der Waals surface area contributed by atoms with Crippen LogP contribution in [0.1, 0.15) is 40.3 Å². The first-order valence-corrected chi connectivity index (χ1v) is 11.6. The number of aliphatic hydroxyl groups excluding tert-OH is 1. The highest BCUT2D eigenvalue weighted by molar-refractivity contribution is 6.04. The minimum atomic E-state index is -3.16. The number of alkyl halides is 3. The number of ether oxygens (including phenoxy) is 1. The van der Waals surface area contributed by atoms with E-state index >= 15 is 0 Å². The fourth-order valence-corrected chi connectivity index (χ4v) is 4.64. The van der Waals surface area contributed by atoms with Crippen LogP contribution in [0.2, 0.25) is 0 Å². The van der Waals surface area contributed by atoms with Crippen LogP contribution in [0.3, 0.4) is 0 Å². The zero-order valence-electron chi connectivity index (χ0n) is 19.7. The Hall–Kier alpha value is -3.50. The van der Waals surface area contributed by atoms with Crippen molar-refractivity contribution < 1.29 is 27.8 Å². The molecule has 188 valence electrons. The molecule has 0 unspecified atom stereocenters. The number of carbonyl (C=O) groups excluding carboxylic acids is 1. The number of hydrogen-bond donors (Lipinski definition) is 2. The van der Waals surface area contributed by atoms with Gasteiger partial charge < -0.3 is 20.1 Å². The molecule has 0 aliphatic carbocycles. The van der Waals surface area contributed by atoms with Crippen LogP contribution in [0.4, 0.5) is 24.5 Å². The second-order valence-corrected chi connectivity index (χ2v) is 9.16. The third-order valence-electron chi connectivity index (χ3n) is 6.60. The number of benzene rings is 1. The summed E-state index contributed by atoms with van der Waals surface area (Å²) in [4.78, 5) is 22.7. The van der Waals surface area contributed by atoms with Crippen LogP contribution < -0.4 is 10.2 Å². The highest BCUT2D eigenvalue weighted by atomic mass is 19.3. The summed E-state index contributed by atoms with van der Waals surface area (Å²) in [6, 6.07) is 9.02. The first-order chi connectivity index (χ1) is 17.1. The van der Waals surface area contributed by atoms with Crippen molar-refractivity contribution in [3.8, 4) is 11.1 Å². The van der Waals surface area contributed by atoms with Gasteiger partial charge in [-0.2, -0.15) is 8.78 Å². The van der Waals surface area contributed by atoms with Gasteiger partial charge in [-0.15, -0.1) is 0 Å². The Kier molecular flexibility index (Phi) is 6.17. The standard InChI is InChI=1S/C26H25F3N4O3/c1-14-3-4-17(32-25(35)15-5-6-30-21(10-15)26(2,28)29)11-18(14)16-9-19-23(31-12-16)24(34)22(27)20-13-36-8-7-33(19)20/h3-6,9-12,20,22,24,34H,7-8,13H2,1-2H3,(H,32,35)/t20-,22-,24+/m0/s1. The van der Waals surface area contributed by atoms with Crippen molar-refractivity contribution in [2.75, 3.05) is 30.0 Å². The molecule has 4 heterocycles. The SMILES string of the molecule is Cc1ccc(NC(=O)c2ccnc(C(C)(F)F)c2)cc1-c1cnc2c(c1)N1CCOC[C@H]1[C@H](F)[C@H]2O. The quantitative estimate of drug-likeness (QED) is 0.554. The summed E-state index contributed by atoms with van der Waals surface area (Å²) >= 11 is 0. The van der Waals surface area contributed by atoms with Crippen molar-refractivity contribution in [2.45, 2.75) is 38.1 Å². The van der Waals surface area contributed by atoms with Gasteiger partial charge in [-0.3, -0.25) is 14.8 Å². The van der Waals surface area contributed by atoms with Crippen LogP contribution in [0.5, 0.6) is 0 Å². The van der Waals surface area contributed by atoms with Gasteiger partial charge in [0.1, 0.15) is 11.8 Å². The molecule has 1 fully saturated rings. The number of aliphatic hydroxyl groups is 1. The number of carbonyl (C=O) groups is 1. The van der Waals surface area contributed by atoms with Crippen molar-refractivity contribution in [1.82, 2.24) is 9.97 Å². The average molecular weight is 499 g/mol. The molecule has 0 spiro atoms. The lowest BCUT2D eigenvalue weighted by atomic mass is 9.92. The number of nitrogens with zero attached hydrogens (tertiary/aromatic N) is 3. The Morgan fingerprint density at radius 1 is 1.22 bits per heavy atom. The molecule has 1 aromatic carbocycles. The molecular formula is C26H25F3N4O3. The normalized spacial score (nSPS) is 21.5. The predicted molar refractivity (Wildman–Crippen MR) is 128 cm³/mol. The van der Waals surface area contributed by atoms with Crippen molar-refractivity contribution >= 4 is 17.3 Å². The van der Waals surface area contributed by atoms with E-state index in [1.807, 2.05) is 24.0 Å². The average Bonchev–Trinajstić information content (AvgIpc) is 2.87. The Balaban J connectivity index is 1.45. The van der Waals surface area contributed by atoms with Gasteiger partial charge in [0, 0.05) is 42.7 Å². The number of nitrogens with one attached hydrogen (secondary N) is 1. The van der Waals surface area contributed by atoms with E-state index in [1.165, 1.54) is 12.3 Å². The molecular weight excluding hydrogens is 473 g/mol. The molecule has 2 aromatic heterocycles. The molecule has 7 nitrogen and oxygen atoms in total. The summed E-state index contributed by atoms with van der Waals surface area (Å²) in [5.74, 6) is -3.71. The fourth-order valence-electron chi connectivity index (χ4n) is 4.64. The smallest absolute Gasteiger partial charge is 0.286 e. The summed E-state index contributed by atoms with van der Waals surface area (Å²) in [5.41, 5.74) is 3.40. The Morgan fingerprint density at radius 2 is 2.03 bits per heavy atom. The van der Waals surface area contributed by atoms with E-state index < -0.39 is 35.8 Å². The van der Waals surface area contributed by atoms with Crippen molar-refractivity contribution in [3.05, 3.63) is 71.3 Å². The van der Waals surface area contributed by atoms with E-state index in [2.05, 4.69) is 15.3 Å².